The van der Waals surface area contributed by atoms with Crippen LogP contribution in [0, 0.1) is 5.92 Å². The maximum Gasteiger partial charge on any atom is 0.0394 e. The first-order chi connectivity index (χ1) is 19.2. The number of nitrogen functional groups attached to an aromatic ring is 1. The van der Waals surface area contributed by atoms with E-state index in [1.54, 1.807) is 0 Å². The molecule has 0 spiro atoms. The van der Waals surface area contributed by atoms with Crippen LogP contribution in [0.4, 0.5) is 5.69 Å². The third kappa shape index (κ3) is 5.07. The highest BCUT2D eigenvalue weighted by Gasteiger charge is 2.16. The molecule has 2 nitrogen and oxygen atoms in total. The van der Waals surface area contributed by atoms with Gasteiger partial charge in [0.25, 0.3) is 0 Å². The molecular weight excluding hydrogens is 472 g/mol. The van der Waals surface area contributed by atoms with Crippen molar-refractivity contribution in [3.05, 3.63) is 145 Å². The second kappa shape index (κ2) is 11.0. The van der Waals surface area contributed by atoms with Gasteiger partial charge < -0.3 is 11.5 Å². The van der Waals surface area contributed by atoms with Crippen LogP contribution in [-0.2, 0) is 0 Å². The molecule has 0 amide bonds. The molecule has 4 N–H and O–H groups in total. The van der Waals surface area contributed by atoms with E-state index in [0.717, 1.165) is 34.4 Å². The molecule has 0 radical (unpaired) electrons. The molecule has 0 aliphatic heterocycles. The molecule has 1 aliphatic rings. The summed E-state index contributed by atoms with van der Waals surface area (Å²) in [6, 6.07) is 43.1. The van der Waals surface area contributed by atoms with E-state index in [2.05, 4.69) is 133 Å². The van der Waals surface area contributed by atoms with Crippen LogP contribution >= 0.6 is 0 Å². The lowest BCUT2D eigenvalue weighted by atomic mass is 9.86. The van der Waals surface area contributed by atoms with Crippen LogP contribution in [0.1, 0.15) is 12.0 Å². The van der Waals surface area contributed by atoms with Gasteiger partial charge in [-0.2, -0.15) is 0 Å². The molecule has 0 saturated heterocycles. The van der Waals surface area contributed by atoms with E-state index < -0.39 is 0 Å². The van der Waals surface area contributed by atoms with Gasteiger partial charge in [-0.15, -0.1) is 0 Å². The molecule has 0 aromatic heterocycles. The van der Waals surface area contributed by atoms with Crippen molar-refractivity contribution < 1.29 is 0 Å². The Morgan fingerprint density at radius 2 is 1.10 bits per heavy atom. The Hall–Kier alpha value is -4.66. The molecule has 0 fully saturated rings. The number of rotatable bonds is 6. The van der Waals surface area contributed by atoms with E-state index in [0.29, 0.717) is 12.5 Å². The van der Waals surface area contributed by atoms with Crippen LogP contribution in [0.25, 0.3) is 50.1 Å². The zero-order valence-corrected chi connectivity index (χ0v) is 21.9. The molecule has 0 saturated carbocycles. The maximum absolute atomic E-state index is 6.48. The fraction of sp³-hybridized carbons (Fsp3) is 0.0811. The minimum absolute atomic E-state index is 0.347. The highest BCUT2D eigenvalue weighted by molar-refractivity contribution is 5.94. The smallest absolute Gasteiger partial charge is 0.0394 e. The highest BCUT2D eigenvalue weighted by atomic mass is 14.6. The van der Waals surface area contributed by atoms with E-state index in [1.165, 1.54) is 33.4 Å². The Morgan fingerprint density at radius 3 is 1.77 bits per heavy atom. The van der Waals surface area contributed by atoms with Crippen LogP contribution in [0.2, 0.25) is 0 Å². The molecule has 5 aromatic carbocycles. The summed E-state index contributed by atoms with van der Waals surface area (Å²) in [5, 5.41) is 0. The van der Waals surface area contributed by atoms with E-state index in [9.17, 15) is 0 Å². The largest absolute Gasteiger partial charge is 0.398 e. The normalized spacial score (nSPS) is 14.7. The summed E-state index contributed by atoms with van der Waals surface area (Å²) in [6.45, 7) is 0.637. The van der Waals surface area contributed by atoms with E-state index >= 15 is 0 Å². The molecule has 1 atom stereocenters. The number of hydrogen-bond acceptors (Lipinski definition) is 2. The monoisotopic (exact) mass is 504 g/mol. The van der Waals surface area contributed by atoms with Gasteiger partial charge in [0.15, 0.2) is 0 Å². The van der Waals surface area contributed by atoms with Gasteiger partial charge in [-0.25, -0.2) is 0 Å². The Balaban J connectivity index is 1.52. The SMILES string of the molecule is NC[C@H]1C=C(c2cc(-c3ccc(-c4ccccc4)c(-c4ccccc4-c4ccccc4)c3)ccc2N)C=CC1. The molecule has 5 aromatic rings. The van der Waals surface area contributed by atoms with Gasteiger partial charge in [0.1, 0.15) is 0 Å². The standard InChI is InChI=1S/C37H32N2/c38-25-26-10-9-15-31(22-26)35-23-30(19-21-37(35)39)29-18-20-33(28-13-5-2-6-14-28)36(24-29)34-17-8-7-16-32(34)27-11-3-1-4-12-27/h1-9,11-24,26H,10,25,38-39H2/t26-/m1/s1. The average Bonchev–Trinajstić information content (AvgIpc) is 3.02. The summed E-state index contributed by atoms with van der Waals surface area (Å²) in [7, 11) is 0. The highest BCUT2D eigenvalue weighted by Crippen LogP contribution is 2.41. The molecule has 190 valence electrons. The predicted octanol–water partition coefficient (Wildman–Crippen LogP) is 8.86. The summed E-state index contributed by atoms with van der Waals surface area (Å²) >= 11 is 0. The van der Waals surface area contributed by atoms with Gasteiger partial charge >= 0.3 is 0 Å². The van der Waals surface area contributed by atoms with Crippen LogP contribution < -0.4 is 11.5 Å². The van der Waals surface area contributed by atoms with Crippen molar-refractivity contribution in [1.82, 2.24) is 0 Å². The lowest BCUT2D eigenvalue weighted by molar-refractivity contribution is 0.671. The molecule has 1 aliphatic carbocycles. The van der Waals surface area contributed by atoms with Gasteiger partial charge in [0.05, 0.1) is 0 Å². The van der Waals surface area contributed by atoms with Crippen molar-refractivity contribution in [3.8, 4) is 44.5 Å². The molecule has 6 rings (SSSR count). The zero-order chi connectivity index (χ0) is 26.6. The fourth-order valence-corrected chi connectivity index (χ4v) is 5.48. The summed E-state index contributed by atoms with van der Waals surface area (Å²) in [5.41, 5.74) is 25.0. The summed E-state index contributed by atoms with van der Waals surface area (Å²) < 4.78 is 0. The third-order valence-corrected chi connectivity index (χ3v) is 7.56. The molecule has 2 heteroatoms. The van der Waals surface area contributed by atoms with Crippen molar-refractivity contribution >= 4 is 11.3 Å². The van der Waals surface area contributed by atoms with Crippen molar-refractivity contribution in [1.29, 1.82) is 0 Å². The van der Waals surface area contributed by atoms with Crippen LogP contribution in [-0.4, -0.2) is 6.54 Å². The quantitative estimate of drug-likeness (QED) is 0.227. The third-order valence-electron chi connectivity index (χ3n) is 7.56. The zero-order valence-electron chi connectivity index (χ0n) is 21.9. The van der Waals surface area contributed by atoms with E-state index in [-0.39, 0.29) is 0 Å². The molecule has 0 heterocycles. The summed E-state index contributed by atoms with van der Waals surface area (Å²) in [6.07, 6.45) is 7.61. The molecular formula is C37H32N2. The molecule has 0 bridgehead atoms. The predicted molar refractivity (Wildman–Crippen MR) is 167 cm³/mol. The Morgan fingerprint density at radius 1 is 0.538 bits per heavy atom. The maximum atomic E-state index is 6.48. The van der Waals surface area contributed by atoms with Crippen molar-refractivity contribution in [2.24, 2.45) is 11.7 Å². The van der Waals surface area contributed by atoms with Crippen molar-refractivity contribution in [2.75, 3.05) is 12.3 Å². The number of nitrogens with two attached hydrogens (primary N) is 2. The van der Waals surface area contributed by atoms with Gasteiger partial charge in [-0.3, -0.25) is 0 Å². The van der Waals surface area contributed by atoms with E-state index in [4.69, 9.17) is 11.5 Å². The number of anilines is 1. The van der Waals surface area contributed by atoms with Crippen molar-refractivity contribution in [3.63, 3.8) is 0 Å². The Kier molecular flexibility index (Phi) is 6.95. The second-order valence-electron chi connectivity index (χ2n) is 10.1. The summed E-state index contributed by atoms with van der Waals surface area (Å²) in [5.74, 6) is 0.347. The first kappa shape index (κ1) is 24.7. The fourth-order valence-electron chi connectivity index (χ4n) is 5.48. The Bertz CT molecular complexity index is 1660. The summed E-state index contributed by atoms with van der Waals surface area (Å²) in [4.78, 5) is 0. The number of benzene rings is 5. The lowest BCUT2D eigenvalue weighted by Gasteiger charge is -2.18. The second-order valence-corrected chi connectivity index (χ2v) is 10.1. The minimum Gasteiger partial charge on any atom is -0.398 e. The molecule has 0 unspecified atom stereocenters. The molecule has 39 heavy (non-hydrogen) atoms. The first-order valence-corrected chi connectivity index (χ1v) is 13.5. The number of allylic oxidation sites excluding steroid dienone is 3. The number of hydrogen-bond donors (Lipinski definition) is 2. The van der Waals surface area contributed by atoms with Gasteiger partial charge in [-0.1, -0.05) is 121 Å². The average molecular weight is 505 g/mol. The first-order valence-electron chi connectivity index (χ1n) is 13.5. The van der Waals surface area contributed by atoms with Crippen molar-refractivity contribution in [2.45, 2.75) is 6.42 Å². The Labute approximate surface area is 231 Å². The van der Waals surface area contributed by atoms with Gasteiger partial charge in [0, 0.05) is 11.3 Å². The van der Waals surface area contributed by atoms with Crippen LogP contribution in [0.15, 0.2) is 140 Å². The minimum atomic E-state index is 0.347. The van der Waals surface area contributed by atoms with Crippen LogP contribution in [0.3, 0.4) is 0 Å². The topological polar surface area (TPSA) is 52.0 Å². The van der Waals surface area contributed by atoms with E-state index in [1.807, 2.05) is 6.07 Å². The van der Waals surface area contributed by atoms with Crippen LogP contribution in [0.5, 0.6) is 0 Å². The lowest BCUT2D eigenvalue weighted by Crippen LogP contribution is -2.13. The van der Waals surface area contributed by atoms with Gasteiger partial charge in [-0.05, 0) is 87.2 Å². The van der Waals surface area contributed by atoms with Gasteiger partial charge in [0.2, 0.25) is 0 Å².